The number of nitrogen functional groups attached to an aromatic ring is 1. The SMILES string of the molecule is N=C/C=C\C(=N)c1ccc(N)c(C(=N)c2ccnc(N3CCOCC3)c2)c1. The lowest BCUT2D eigenvalue weighted by molar-refractivity contribution is 0.122. The Morgan fingerprint density at radius 2 is 1.89 bits per heavy atom. The minimum absolute atomic E-state index is 0.260. The third-order valence-electron chi connectivity index (χ3n) is 4.36. The van der Waals surface area contributed by atoms with E-state index in [0.29, 0.717) is 30.0 Å². The first-order valence-corrected chi connectivity index (χ1v) is 8.64. The largest absolute Gasteiger partial charge is 0.398 e. The molecule has 0 bridgehead atoms. The number of rotatable bonds is 6. The van der Waals surface area contributed by atoms with Gasteiger partial charge in [-0.15, -0.1) is 0 Å². The first-order valence-electron chi connectivity index (χ1n) is 8.64. The van der Waals surface area contributed by atoms with Crippen LogP contribution in [0.3, 0.4) is 0 Å². The second-order valence-corrected chi connectivity index (χ2v) is 6.12. The number of ether oxygens (including phenoxy) is 1. The second-order valence-electron chi connectivity index (χ2n) is 6.12. The minimum atomic E-state index is 0.260. The third kappa shape index (κ3) is 4.27. The van der Waals surface area contributed by atoms with E-state index in [1.807, 2.05) is 6.07 Å². The topological polar surface area (TPSA) is 123 Å². The molecule has 0 saturated carbocycles. The zero-order chi connectivity index (χ0) is 19.2. The van der Waals surface area contributed by atoms with Crippen molar-refractivity contribution in [3.05, 3.63) is 65.4 Å². The van der Waals surface area contributed by atoms with Gasteiger partial charge in [0.05, 0.1) is 24.6 Å². The van der Waals surface area contributed by atoms with E-state index in [-0.39, 0.29) is 11.4 Å². The Bertz CT molecular complexity index is 899. The van der Waals surface area contributed by atoms with Crippen LogP contribution in [0.2, 0.25) is 0 Å². The average Bonchev–Trinajstić information content (AvgIpc) is 2.72. The number of morpholine rings is 1. The summed E-state index contributed by atoms with van der Waals surface area (Å²) in [7, 11) is 0. The van der Waals surface area contributed by atoms with Gasteiger partial charge in [-0.3, -0.25) is 5.41 Å². The van der Waals surface area contributed by atoms with E-state index in [2.05, 4.69) is 9.88 Å². The summed E-state index contributed by atoms with van der Waals surface area (Å²) in [5.74, 6) is 0.817. The van der Waals surface area contributed by atoms with Gasteiger partial charge in [-0.25, -0.2) is 4.98 Å². The van der Waals surface area contributed by atoms with Crippen molar-refractivity contribution in [3.8, 4) is 0 Å². The maximum absolute atomic E-state index is 8.62. The number of hydrogen-bond acceptors (Lipinski definition) is 7. The van der Waals surface area contributed by atoms with Crippen LogP contribution in [0.1, 0.15) is 16.7 Å². The van der Waals surface area contributed by atoms with Crippen LogP contribution in [0, 0.1) is 16.2 Å². The summed E-state index contributed by atoms with van der Waals surface area (Å²) in [5, 5.41) is 23.7. The molecular weight excluding hydrogens is 340 g/mol. The van der Waals surface area contributed by atoms with Gasteiger partial charge in [0.25, 0.3) is 0 Å². The lowest BCUT2D eigenvalue weighted by atomic mass is 9.97. The highest BCUT2D eigenvalue weighted by Gasteiger charge is 2.15. The molecule has 2 heterocycles. The Balaban J connectivity index is 1.90. The van der Waals surface area contributed by atoms with Gasteiger partial charge in [0.1, 0.15) is 5.82 Å². The number of nitrogens with two attached hydrogens (primary N) is 1. The van der Waals surface area contributed by atoms with Crippen LogP contribution in [0.5, 0.6) is 0 Å². The summed E-state index contributed by atoms with van der Waals surface area (Å²) in [4.78, 5) is 6.56. The quantitative estimate of drug-likeness (QED) is 0.465. The van der Waals surface area contributed by atoms with Gasteiger partial charge in [-0.2, -0.15) is 0 Å². The van der Waals surface area contributed by atoms with E-state index < -0.39 is 0 Å². The normalized spacial score (nSPS) is 14.3. The van der Waals surface area contributed by atoms with Crippen LogP contribution in [-0.2, 0) is 4.74 Å². The zero-order valence-electron chi connectivity index (χ0n) is 14.9. The zero-order valence-corrected chi connectivity index (χ0v) is 14.9. The molecule has 0 radical (unpaired) electrons. The van der Waals surface area contributed by atoms with Gasteiger partial charge in [-0.1, -0.05) is 6.07 Å². The Kier molecular flexibility index (Phi) is 5.73. The molecule has 0 aliphatic carbocycles. The van der Waals surface area contributed by atoms with Crippen LogP contribution < -0.4 is 10.6 Å². The van der Waals surface area contributed by atoms with Crippen molar-refractivity contribution in [3.63, 3.8) is 0 Å². The van der Waals surface area contributed by atoms with Crippen molar-refractivity contribution in [1.82, 2.24) is 4.98 Å². The van der Waals surface area contributed by atoms with Crippen molar-refractivity contribution in [2.45, 2.75) is 0 Å². The second kappa shape index (κ2) is 8.37. The van der Waals surface area contributed by atoms with E-state index >= 15 is 0 Å². The molecule has 0 amide bonds. The lowest BCUT2D eigenvalue weighted by Crippen LogP contribution is -2.36. The predicted octanol–water partition coefficient (Wildman–Crippen LogP) is 2.49. The molecule has 7 heteroatoms. The number of benzene rings is 1. The van der Waals surface area contributed by atoms with E-state index in [0.717, 1.165) is 30.7 Å². The first-order chi connectivity index (χ1) is 13.1. The molecule has 7 nitrogen and oxygen atoms in total. The molecule has 0 unspecified atom stereocenters. The summed E-state index contributed by atoms with van der Waals surface area (Å²) in [6, 6.07) is 8.87. The first kappa shape index (κ1) is 18.5. The van der Waals surface area contributed by atoms with Crippen LogP contribution in [0.4, 0.5) is 11.5 Å². The highest BCUT2D eigenvalue weighted by Crippen LogP contribution is 2.21. The number of pyridine rings is 1. The molecule has 1 aromatic heterocycles. The molecule has 3 rings (SSSR count). The average molecular weight is 362 g/mol. The minimum Gasteiger partial charge on any atom is -0.398 e. The molecule has 27 heavy (non-hydrogen) atoms. The van der Waals surface area contributed by atoms with E-state index in [1.54, 1.807) is 30.5 Å². The highest BCUT2D eigenvalue weighted by atomic mass is 16.5. The lowest BCUT2D eigenvalue weighted by Gasteiger charge is -2.28. The third-order valence-corrected chi connectivity index (χ3v) is 4.36. The number of allylic oxidation sites excluding steroid dienone is 2. The summed E-state index contributed by atoms with van der Waals surface area (Å²) >= 11 is 0. The molecule has 138 valence electrons. The van der Waals surface area contributed by atoms with E-state index in [1.165, 1.54) is 12.2 Å². The monoisotopic (exact) mass is 362 g/mol. The number of nitrogens with one attached hydrogen (secondary N) is 3. The van der Waals surface area contributed by atoms with Crippen molar-refractivity contribution >= 4 is 29.1 Å². The molecule has 5 N–H and O–H groups in total. The molecule has 1 fully saturated rings. The Labute approximate surface area is 158 Å². The molecule has 1 aromatic carbocycles. The van der Waals surface area contributed by atoms with Gasteiger partial charge >= 0.3 is 0 Å². The van der Waals surface area contributed by atoms with Crippen LogP contribution in [-0.4, -0.2) is 48.9 Å². The maximum Gasteiger partial charge on any atom is 0.129 e. The predicted molar refractivity (Wildman–Crippen MR) is 109 cm³/mol. The molecule has 1 aliphatic heterocycles. The van der Waals surface area contributed by atoms with Crippen LogP contribution >= 0.6 is 0 Å². The van der Waals surface area contributed by atoms with Crippen LogP contribution in [0.15, 0.2) is 48.7 Å². The van der Waals surface area contributed by atoms with E-state index in [9.17, 15) is 0 Å². The van der Waals surface area contributed by atoms with Crippen molar-refractivity contribution in [1.29, 1.82) is 16.2 Å². The van der Waals surface area contributed by atoms with E-state index in [4.69, 9.17) is 26.7 Å². The summed E-state index contributed by atoms with van der Waals surface area (Å²) < 4.78 is 5.38. The Morgan fingerprint density at radius 1 is 1.11 bits per heavy atom. The smallest absolute Gasteiger partial charge is 0.129 e. The number of aromatic nitrogens is 1. The Hall–Kier alpha value is -3.32. The maximum atomic E-state index is 8.62. The van der Waals surface area contributed by atoms with Crippen molar-refractivity contribution < 1.29 is 4.74 Å². The molecule has 2 aromatic rings. The fourth-order valence-corrected chi connectivity index (χ4v) is 2.88. The van der Waals surface area contributed by atoms with Gasteiger partial charge < -0.3 is 26.2 Å². The fraction of sp³-hybridized carbons (Fsp3) is 0.200. The van der Waals surface area contributed by atoms with Crippen LogP contribution in [0.25, 0.3) is 0 Å². The number of nitrogens with zero attached hydrogens (tertiary/aromatic N) is 2. The fourth-order valence-electron chi connectivity index (χ4n) is 2.88. The summed E-state index contributed by atoms with van der Waals surface area (Å²) in [5.41, 5.74) is 9.06. The number of hydrogen-bond donors (Lipinski definition) is 4. The van der Waals surface area contributed by atoms with Crippen molar-refractivity contribution in [2.75, 3.05) is 36.9 Å². The molecule has 0 spiro atoms. The molecule has 0 atom stereocenters. The summed E-state index contributed by atoms with van der Waals surface area (Å²) in [6.45, 7) is 2.89. The molecular formula is C20H22N6O. The molecule has 1 saturated heterocycles. The van der Waals surface area contributed by atoms with Gasteiger partial charge in [-0.05, 0) is 36.4 Å². The standard InChI is InChI=1S/C20H22N6O/c21-6-1-2-17(22)14-3-4-18(23)16(12-14)20(24)15-5-7-25-19(13-15)26-8-10-27-11-9-26/h1-7,12-13,21-22,24H,8-11,23H2/b2-1-,21-6?,22-17?,24-20?. The summed E-state index contributed by atoms with van der Waals surface area (Å²) in [6.07, 6.45) is 5.85. The van der Waals surface area contributed by atoms with Gasteiger partial charge in [0.15, 0.2) is 0 Å². The Morgan fingerprint density at radius 3 is 2.63 bits per heavy atom. The highest BCUT2D eigenvalue weighted by molar-refractivity contribution is 6.16. The number of anilines is 2. The molecule has 1 aliphatic rings. The van der Waals surface area contributed by atoms with Crippen molar-refractivity contribution in [2.24, 2.45) is 0 Å². The van der Waals surface area contributed by atoms with Gasteiger partial charge in [0.2, 0.25) is 0 Å². The van der Waals surface area contributed by atoms with Gasteiger partial charge in [0, 0.05) is 47.9 Å².